The Morgan fingerprint density at radius 2 is 2.31 bits per heavy atom. The Balaban J connectivity index is 2.87. The number of hydrogen-bond acceptors (Lipinski definition) is 3. The molecular weight excluding hydrogens is 206 g/mol. The van der Waals surface area contributed by atoms with Gasteiger partial charge in [-0.05, 0) is 33.8 Å². The number of nitrogens with zero attached hydrogens (tertiary/aromatic N) is 2. The zero-order valence-electron chi connectivity index (χ0n) is 10.2. The van der Waals surface area contributed by atoms with Gasteiger partial charge in [-0.3, -0.25) is 14.8 Å². The molecule has 1 aromatic rings. The van der Waals surface area contributed by atoms with Crippen LogP contribution in [0, 0.1) is 6.92 Å². The van der Waals surface area contributed by atoms with Crippen LogP contribution >= 0.6 is 0 Å². The second kappa shape index (κ2) is 4.65. The lowest BCUT2D eigenvalue weighted by molar-refractivity contribution is -0.145. The molecule has 1 atom stereocenters. The van der Waals surface area contributed by atoms with Crippen molar-refractivity contribution in [1.82, 2.24) is 15.1 Å². The number of aliphatic carboxylic acids is 1. The minimum Gasteiger partial charge on any atom is -0.480 e. The Bertz CT molecular complexity index is 373. The molecule has 1 unspecified atom stereocenters. The van der Waals surface area contributed by atoms with E-state index in [1.165, 1.54) is 0 Å². The molecule has 0 fully saturated rings. The van der Waals surface area contributed by atoms with E-state index >= 15 is 0 Å². The summed E-state index contributed by atoms with van der Waals surface area (Å²) < 4.78 is 1.70. The standard InChI is InChI=1S/C11H19N3O2/c1-8(2)13-11(4,10(15)16)7-14-9(3)5-6-12-14/h5-6,8,13H,7H2,1-4H3,(H,15,16). The second-order valence-corrected chi connectivity index (χ2v) is 4.57. The summed E-state index contributed by atoms with van der Waals surface area (Å²) in [5.74, 6) is -0.865. The SMILES string of the molecule is Cc1ccnn1CC(C)(NC(C)C)C(=O)O. The summed E-state index contributed by atoms with van der Waals surface area (Å²) in [5.41, 5.74) is -0.0386. The van der Waals surface area contributed by atoms with Crippen LogP contribution in [0.25, 0.3) is 0 Å². The van der Waals surface area contributed by atoms with Crippen molar-refractivity contribution in [3.8, 4) is 0 Å². The highest BCUT2D eigenvalue weighted by Crippen LogP contribution is 2.11. The van der Waals surface area contributed by atoms with E-state index in [2.05, 4.69) is 10.4 Å². The molecule has 0 saturated heterocycles. The summed E-state index contributed by atoms with van der Waals surface area (Å²) in [6.07, 6.45) is 1.67. The lowest BCUT2D eigenvalue weighted by atomic mass is 10.0. The monoisotopic (exact) mass is 225 g/mol. The van der Waals surface area contributed by atoms with E-state index in [1.54, 1.807) is 17.8 Å². The summed E-state index contributed by atoms with van der Waals surface area (Å²) in [5, 5.41) is 16.4. The molecule has 0 aliphatic rings. The van der Waals surface area contributed by atoms with Gasteiger partial charge < -0.3 is 5.11 Å². The van der Waals surface area contributed by atoms with Gasteiger partial charge >= 0.3 is 5.97 Å². The largest absolute Gasteiger partial charge is 0.480 e. The van der Waals surface area contributed by atoms with E-state index < -0.39 is 11.5 Å². The highest BCUT2D eigenvalue weighted by atomic mass is 16.4. The molecule has 0 radical (unpaired) electrons. The average Bonchev–Trinajstić information content (AvgIpc) is 2.50. The van der Waals surface area contributed by atoms with Crippen LogP contribution < -0.4 is 5.32 Å². The Hall–Kier alpha value is -1.36. The van der Waals surface area contributed by atoms with Crippen LogP contribution in [0.5, 0.6) is 0 Å². The molecule has 2 N–H and O–H groups in total. The number of carboxylic acid groups (broad SMARTS) is 1. The normalized spacial score (nSPS) is 15.1. The minimum absolute atomic E-state index is 0.108. The van der Waals surface area contributed by atoms with Crippen LogP contribution in [0.4, 0.5) is 0 Å². The summed E-state index contributed by atoms with van der Waals surface area (Å²) >= 11 is 0. The number of carboxylic acids is 1. The fraction of sp³-hybridized carbons (Fsp3) is 0.636. The van der Waals surface area contributed by atoms with Gasteiger partial charge in [0.2, 0.25) is 0 Å². The minimum atomic E-state index is -0.995. The number of carbonyl (C=O) groups is 1. The van der Waals surface area contributed by atoms with Crippen molar-refractivity contribution in [2.45, 2.75) is 45.8 Å². The van der Waals surface area contributed by atoms with Gasteiger partial charge in [-0.25, -0.2) is 0 Å². The van der Waals surface area contributed by atoms with Crippen molar-refractivity contribution in [2.75, 3.05) is 0 Å². The Labute approximate surface area is 95.5 Å². The smallest absolute Gasteiger partial charge is 0.325 e. The van der Waals surface area contributed by atoms with Gasteiger partial charge in [-0.2, -0.15) is 5.10 Å². The molecule has 5 heteroatoms. The van der Waals surface area contributed by atoms with Crippen LogP contribution in [0.3, 0.4) is 0 Å². The molecule has 0 aliphatic carbocycles. The zero-order valence-corrected chi connectivity index (χ0v) is 10.2. The molecule has 90 valence electrons. The van der Waals surface area contributed by atoms with Crippen molar-refractivity contribution < 1.29 is 9.90 Å². The van der Waals surface area contributed by atoms with Crippen LogP contribution in [0.15, 0.2) is 12.3 Å². The highest BCUT2D eigenvalue weighted by Gasteiger charge is 2.34. The van der Waals surface area contributed by atoms with E-state index in [1.807, 2.05) is 26.8 Å². The van der Waals surface area contributed by atoms with Crippen molar-refractivity contribution in [1.29, 1.82) is 0 Å². The first kappa shape index (κ1) is 12.7. The zero-order chi connectivity index (χ0) is 12.3. The van der Waals surface area contributed by atoms with Gasteiger partial charge in [0.15, 0.2) is 0 Å². The van der Waals surface area contributed by atoms with Crippen LogP contribution in [-0.4, -0.2) is 32.4 Å². The van der Waals surface area contributed by atoms with Crippen LogP contribution in [0.1, 0.15) is 26.5 Å². The molecule has 0 saturated carbocycles. The van der Waals surface area contributed by atoms with Gasteiger partial charge in [-0.1, -0.05) is 0 Å². The van der Waals surface area contributed by atoms with Gasteiger partial charge in [-0.15, -0.1) is 0 Å². The quantitative estimate of drug-likeness (QED) is 0.785. The van der Waals surface area contributed by atoms with E-state index in [4.69, 9.17) is 0 Å². The summed E-state index contributed by atoms with van der Waals surface area (Å²) in [7, 11) is 0. The van der Waals surface area contributed by atoms with Crippen LogP contribution in [-0.2, 0) is 11.3 Å². The van der Waals surface area contributed by atoms with Gasteiger partial charge in [0.1, 0.15) is 5.54 Å². The number of aromatic nitrogens is 2. The molecule has 5 nitrogen and oxygen atoms in total. The molecule has 0 spiro atoms. The summed E-state index contributed by atoms with van der Waals surface area (Å²) in [6.45, 7) is 7.76. The maximum absolute atomic E-state index is 11.3. The van der Waals surface area contributed by atoms with Crippen molar-refractivity contribution in [3.05, 3.63) is 18.0 Å². The predicted octanol–water partition coefficient (Wildman–Crippen LogP) is 1.03. The number of aryl methyl sites for hydroxylation is 1. The second-order valence-electron chi connectivity index (χ2n) is 4.57. The van der Waals surface area contributed by atoms with E-state index in [-0.39, 0.29) is 6.04 Å². The first-order valence-corrected chi connectivity index (χ1v) is 5.34. The Morgan fingerprint density at radius 1 is 1.69 bits per heavy atom. The third-order valence-electron chi connectivity index (χ3n) is 2.47. The fourth-order valence-electron chi connectivity index (χ4n) is 1.68. The molecule has 1 aromatic heterocycles. The molecule has 1 heterocycles. The highest BCUT2D eigenvalue weighted by molar-refractivity contribution is 5.78. The molecule has 0 aliphatic heterocycles. The number of nitrogens with one attached hydrogen (secondary N) is 1. The van der Waals surface area contributed by atoms with Gasteiger partial charge in [0, 0.05) is 17.9 Å². The molecule has 0 bridgehead atoms. The van der Waals surface area contributed by atoms with Crippen molar-refractivity contribution in [3.63, 3.8) is 0 Å². The number of rotatable bonds is 5. The lowest BCUT2D eigenvalue weighted by Gasteiger charge is -2.29. The van der Waals surface area contributed by atoms with Crippen LogP contribution in [0.2, 0.25) is 0 Å². The maximum atomic E-state index is 11.3. The predicted molar refractivity (Wildman–Crippen MR) is 61.3 cm³/mol. The van der Waals surface area contributed by atoms with Crippen molar-refractivity contribution in [2.24, 2.45) is 0 Å². The van der Waals surface area contributed by atoms with Gasteiger partial charge in [0.05, 0.1) is 6.54 Å². The van der Waals surface area contributed by atoms with E-state index in [0.29, 0.717) is 6.54 Å². The molecular formula is C11H19N3O2. The fourth-order valence-corrected chi connectivity index (χ4v) is 1.68. The first-order chi connectivity index (χ1) is 7.35. The molecule has 16 heavy (non-hydrogen) atoms. The Morgan fingerprint density at radius 3 is 2.69 bits per heavy atom. The average molecular weight is 225 g/mol. The summed E-state index contributed by atoms with van der Waals surface area (Å²) in [6, 6.07) is 1.97. The summed E-state index contributed by atoms with van der Waals surface area (Å²) in [4.78, 5) is 11.3. The first-order valence-electron chi connectivity index (χ1n) is 5.34. The molecule has 1 rings (SSSR count). The molecule has 0 amide bonds. The van der Waals surface area contributed by atoms with E-state index in [9.17, 15) is 9.90 Å². The topological polar surface area (TPSA) is 67.2 Å². The maximum Gasteiger partial charge on any atom is 0.325 e. The lowest BCUT2D eigenvalue weighted by Crippen LogP contribution is -2.55. The third-order valence-corrected chi connectivity index (χ3v) is 2.47. The Kier molecular flexibility index (Phi) is 3.70. The number of hydrogen-bond donors (Lipinski definition) is 2. The van der Waals surface area contributed by atoms with Gasteiger partial charge in [0.25, 0.3) is 0 Å². The van der Waals surface area contributed by atoms with E-state index in [0.717, 1.165) is 5.69 Å². The third kappa shape index (κ3) is 2.82. The molecule has 0 aromatic carbocycles. The van der Waals surface area contributed by atoms with Crippen molar-refractivity contribution >= 4 is 5.97 Å².